The van der Waals surface area contributed by atoms with Crippen molar-refractivity contribution in [3.05, 3.63) is 12.7 Å². The van der Waals surface area contributed by atoms with Gasteiger partial charge in [0.05, 0.1) is 0 Å². The predicted molar refractivity (Wildman–Crippen MR) is 50.2 cm³/mol. The lowest BCUT2D eigenvalue weighted by Crippen LogP contribution is -2.68. The Morgan fingerprint density at radius 2 is 1.14 bits per heavy atom. The zero-order valence-corrected chi connectivity index (χ0v) is 10.3. The van der Waals surface area contributed by atoms with Crippen molar-refractivity contribution in [1.29, 1.82) is 0 Å². The zero-order chi connectivity index (χ0) is 18.2. The Kier molecular flexibility index (Phi) is 5.54. The van der Waals surface area contributed by atoms with Crippen LogP contribution in [-0.2, 0) is 0 Å². The molecule has 0 nitrogen and oxygen atoms in total. The first-order valence-electron chi connectivity index (χ1n) is 5.28. The van der Waals surface area contributed by atoms with Gasteiger partial charge >= 0.3 is 36.0 Å². The summed E-state index contributed by atoms with van der Waals surface area (Å²) in [7, 11) is 0. The van der Waals surface area contributed by atoms with E-state index in [2.05, 4.69) is 6.58 Å². The quantitative estimate of drug-likeness (QED) is 0.404. The van der Waals surface area contributed by atoms with E-state index in [4.69, 9.17) is 0 Å². The van der Waals surface area contributed by atoms with Crippen molar-refractivity contribution >= 4 is 0 Å². The average molecular weight is 356 g/mol. The lowest BCUT2D eigenvalue weighted by atomic mass is 9.92. The van der Waals surface area contributed by atoms with Gasteiger partial charge in [-0.1, -0.05) is 6.08 Å². The van der Waals surface area contributed by atoms with E-state index in [1.165, 1.54) is 0 Å². The summed E-state index contributed by atoms with van der Waals surface area (Å²) in [4.78, 5) is 0. The van der Waals surface area contributed by atoms with Gasteiger partial charge in [0.1, 0.15) is 0 Å². The van der Waals surface area contributed by atoms with Crippen molar-refractivity contribution in [1.82, 2.24) is 0 Å². The predicted octanol–water partition coefficient (Wildman–Crippen LogP) is 5.39. The van der Waals surface area contributed by atoms with Gasteiger partial charge in [-0.05, 0) is 6.42 Å². The number of halogens is 12. The highest BCUT2D eigenvalue weighted by molar-refractivity contribution is 5.09. The summed E-state index contributed by atoms with van der Waals surface area (Å²) in [5.41, 5.74) is 0. The Hall–Kier alpha value is -1.10. The second-order valence-corrected chi connectivity index (χ2v) is 4.18. The normalized spacial score (nSPS) is 15.3. The molecule has 22 heavy (non-hydrogen) atoms. The molecule has 0 aromatic heterocycles. The molecule has 0 atom stereocenters. The molecule has 0 aliphatic rings. The minimum atomic E-state index is -7.44. The summed E-state index contributed by atoms with van der Waals surface area (Å²) in [6.45, 7) is 2.79. The van der Waals surface area contributed by atoms with Crippen LogP contribution in [0.15, 0.2) is 12.7 Å². The van der Waals surface area contributed by atoms with E-state index in [9.17, 15) is 52.7 Å². The summed E-state index contributed by atoms with van der Waals surface area (Å²) in [6.07, 6.45) is -8.11. The maximum atomic E-state index is 13.0. The highest BCUT2D eigenvalue weighted by atomic mass is 19.4. The standard InChI is InChI=1S/C10H8F12/c1-2-3-4-6(13,14)8(17,18)10(21,22)9(19,20)7(15,16)5(11)12/h2,5H,1,3-4H2. The first kappa shape index (κ1) is 20.9. The van der Waals surface area contributed by atoms with Gasteiger partial charge in [0.25, 0.3) is 0 Å². The minimum Gasteiger partial charge on any atom is -0.203 e. The molecule has 0 radical (unpaired) electrons. The lowest BCUT2D eigenvalue weighted by Gasteiger charge is -2.39. The second kappa shape index (κ2) is 5.84. The summed E-state index contributed by atoms with van der Waals surface area (Å²) in [5, 5.41) is 0. The first-order valence-corrected chi connectivity index (χ1v) is 5.28. The number of rotatable bonds is 8. The van der Waals surface area contributed by atoms with Crippen LogP contribution in [0, 0.1) is 0 Å². The van der Waals surface area contributed by atoms with Crippen LogP contribution in [0.4, 0.5) is 52.7 Å². The van der Waals surface area contributed by atoms with Gasteiger partial charge in [-0.15, -0.1) is 6.58 Å². The van der Waals surface area contributed by atoms with Crippen LogP contribution < -0.4 is 0 Å². The van der Waals surface area contributed by atoms with Gasteiger partial charge in [-0.2, -0.15) is 43.9 Å². The SMILES string of the molecule is C=CCCC(F)(F)C(F)(F)C(F)(F)C(F)(F)C(F)(F)C(F)F. The van der Waals surface area contributed by atoms with Gasteiger partial charge in [-0.25, -0.2) is 8.78 Å². The largest absolute Gasteiger partial charge is 0.384 e. The van der Waals surface area contributed by atoms with E-state index in [-0.39, 0.29) is 0 Å². The van der Waals surface area contributed by atoms with Crippen molar-refractivity contribution in [2.45, 2.75) is 48.9 Å². The maximum absolute atomic E-state index is 13.0. The van der Waals surface area contributed by atoms with E-state index in [0.29, 0.717) is 6.08 Å². The minimum absolute atomic E-state index is 0.550. The van der Waals surface area contributed by atoms with Crippen molar-refractivity contribution in [2.24, 2.45) is 0 Å². The molecule has 0 aromatic carbocycles. The second-order valence-electron chi connectivity index (χ2n) is 4.18. The molecule has 0 unspecified atom stereocenters. The zero-order valence-electron chi connectivity index (χ0n) is 10.3. The summed E-state index contributed by atoms with van der Waals surface area (Å²) in [6, 6.07) is 0. The summed E-state index contributed by atoms with van der Waals surface area (Å²) >= 11 is 0. The van der Waals surface area contributed by atoms with Gasteiger partial charge in [0.15, 0.2) is 0 Å². The van der Waals surface area contributed by atoms with Crippen LogP contribution in [0.3, 0.4) is 0 Å². The lowest BCUT2D eigenvalue weighted by molar-refractivity contribution is -0.413. The van der Waals surface area contributed by atoms with E-state index < -0.39 is 48.9 Å². The molecule has 0 heterocycles. The topological polar surface area (TPSA) is 0 Å². The third-order valence-electron chi connectivity index (χ3n) is 2.60. The molecular formula is C10H8F12. The Labute approximate surface area is 115 Å². The Morgan fingerprint density at radius 3 is 1.45 bits per heavy atom. The molecule has 0 amide bonds. The maximum Gasteiger partial charge on any atom is 0.384 e. The van der Waals surface area contributed by atoms with Crippen molar-refractivity contribution in [3.63, 3.8) is 0 Å². The van der Waals surface area contributed by atoms with Crippen LogP contribution >= 0.6 is 0 Å². The Morgan fingerprint density at radius 1 is 0.727 bits per heavy atom. The molecule has 0 spiro atoms. The van der Waals surface area contributed by atoms with Crippen LogP contribution in [-0.4, -0.2) is 36.0 Å². The molecular weight excluding hydrogens is 348 g/mol. The number of alkyl halides is 12. The van der Waals surface area contributed by atoms with Crippen LogP contribution in [0.25, 0.3) is 0 Å². The van der Waals surface area contributed by atoms with Gasteiger partial charge in [0, 0.05) is 6.42 Å². The monoisotopic (exact) mass is 356 g/mol. The molecule has 0 aromatic rings. The van der Waals surface area contributed by atoms with E-state index in [0.717, 1.165) is 0 Å². The summed E-state index contributed by atoms with van der Waals surface area (Å²) in [5.74, 6) is -34.7. The van der Waals surface area contributed by atoms with Crippen molar-refractivity contribution in [3.8, 4) is 0 Å². The fraction of sp³-hybridized carbons (Fsp3) is 0.800. The van der Waals surface area contributed by atoms with Gasteiger partial charge in [-0.3, -0.25) is 0 Å². The molecule has 0 saturated heterocycles. The fourth-order valence-electron chi connectivity index (χ4n) is 1.21. The summed E-state index contributed by atoms with van der Waals surface area (Å²) < 4.78 is 152. The molecule has 0 aliphatic heterocycles. The third kappa shape index (κ3) is 2.87. The van der Waals surface area contributed by atoms with Crippen LogP contribution in [0.2, 0.25) is 0 Å². The molecule has 0 N–H and O–H groups in total. The molecule has 0 aliphatic carbocycles. The Balaban J connectivity index is 5.93. The first-order chi connectivity index (χ1) is 9.50. The van der Waals surface area contributed by atoms with E-state index in [1.54, 1.807) is 0 Å². The number of hydrogen-bond acceptors (Lipinski definition) is 0. The molecule has 0 rings (SSSR count). The van der Waals surface area contributed by atoms with Crippen LogP contribution in [0.1, 0.15) is 12.8 Å². The molecule has 132 valence electrons. The smallest absolute Gasteiger partial charge is 0.203 e. The van der Waals surface area contributed by atoms with Crippen LogP contribution in [0.5, 0.6) is 0 Å². The Bertz CT molecular complexity index is 397. The highest BCUT2D eigenvalue weighted by Gasteiger charge is 2.87. The third-order valence-corrected chi connectivity index (χ3v) is 2.60. The highest BCUT2D eigenvalue weighted by Crippen LogP contribution is 2.58. The molecule has 0 bridgehead atoms. The van der Waals surface area contributed by atoms with E-state index in [1.807, 2.05) is 0 Å². The number of allylic oxidation sites excluding steroid dienone is 1. The number of hydrogen-bond donors (Lipinski definition) is 0. The molecule has 0 fully saturated rings. The van der Waals surface area contributed by atoms with Crippen molar-refractivity contribution < 1.29 is 52.7 Å². The molecule has 12 heteroatoms. The van der Waals surface area contributed by atoms with E-state index >= 15 is 0 Å². The molecule has 0 saturated carbocycles. The fourth-order valence-corrected chi connectivity index (χ4v) is 1.21. The van der Waals surface area contributed by atoms with Gasteiger partial charge in [0.2, 0.25) is 0 Å². The average Bonchev–Trinajstić information content (AvgIpc) is 2.35. The van der Waals surface area contributed by atoms with Crippen molar-refractivity contribution in [2.75, 3.05) is 0 Å². The van der Waals surface area contributed by atoms with Gasteiger partial charge < -0.3 is 0 Å².